The van der Waals surface area contributed by atoms with Gasteiger partial charge in [-0.25, -0.2) is 0 Å². The standard InChI is InChI=1S/C8H15BO3/c1-4-7-11-9(10-6-3)12-8-5-2/h4-5H,1-2,6-8H2,3H3. The highest BCUT2D eigenvalue weighted by Crippen LogP contribution is 1.92. The fraction of sp³-hybridized carbons (Fsp3) is 0.500. The van der Waals surface area contributed by atoms with Gasteiger partial charge in [0.1, 0.15) is 0 Å². The van der Waals surface area contributed by atoms with Gasteiger partial charge in [0.2, 0.25) is 0 Å². The second-order valence-corrected chi connectivity index (χ2v) is 1.99. The molecule has 0 heterocycles. The third-order valence-corrected chi connectivity index (χ3v) is 1.00. The lowest BCUT2D eigenvalue weighted by Crippen LogP contribution is -2.27. The van der Waals surface area contributed by atoms with Crippen molar-refractivity contribution in [3.05, 3.63) is 25.3 Å². The molecule has 4 heteroatoms. The number of hydrogen-bond donors (Lipinski definition) is 0. The lowest BCUT2D eigenvalue weighted by Gasteiger charge is -2.10. The molecule has 0 aromatic rings. The first-order valence-corrected chi connectivity index (χ1v) is 3.91. The van der Waals surface area contributed by atoms with Crippen molar-refractivity contribution in [1.29, 1.82) is 0 Å². The second-order valence-electron chi connectivity index (χ2n) is 1.99. The zero-order valence-corrected chi connectivity index (χ0v) is 7.49. The van der Waals surface area contributed by atoms with E-state index in [1.54, 1.807) is 12.2 Å². The first-order chi connectivity index (χ1) is 5.85. The van der Waals surface area contributed by atoms with Crippen molar-refractivity contribution in [2.24, 2.45) is 0 Å². The molecule has 0 aromatic carbocycles. The van der Waals surface area contributed by atoms with Gasteiger partial charge in [-0.3, -0.25) is 0 Å². The van der Waals surface area contributed by atoms with Crippen molar-refractivity contribution < 1.29 is 14.0 Å². The molecule has 0 bridgehead atoms. The molecule has 0 rings (SSSR count). The normalized spacial score (nSPS) is 9.42. The SMILES string of the molecule is C=CCOB(OCC)OCC=C. The van der Waals surface area contributed by atoms with E-state index in [9.17, 15) is 0 Å². The van der Waals surface area contributed by atoms with E-state index >= 15 is 0 Å². The summed E-state index contributed by atoms with van der Waals surface area (Å²) in [5, 5.41) is 0. The molecule has 0 aliphatic rings. The van der Waals surface area contributed by atoms with Crippen LogP contribution in [0.1, 0.15) is 6.92 Å². The molecular weight excluding hydrogens is 155 g/mol. The van der Waals surface area contributed by atoms with Gasteiger partial charge < -0.3 is 14.0 Å². The maximum absolute atomic E-state index is 5.12. The Kier molecular flexibility index (Phi) is 8.11. The van der Waals surface area contributed by atoms with Crippen LogP contribution in [-0.4, -0.2) is 27.1 Å². The van der Waals surface area contributed by atoms with Crippen molar-refractivity contribution in [2.45, 2.75) is 6.92 Å². The van der Waals surface area contributed by atoms with Crippen molar-refractivity contribution in [1.82, 2.24) is 0 Å². The van der Waals surface area contributed by atoms with E-state index in [0.717, 1.165) is 0 Å². The Morgan fingerprint density at radius 2 is 1.58 bits per heavy atom. The Morgan fingerprint density at radius 1 is 1.08 bits per heavy atom. The molecule has 0 saturated carbocycles. The van der Waals surface area contributed by atoms with E-state index < -0.39 is 7.32 Å². The quantitative estimate of drug-likeness (QED) is 0.407. The number of rotatable bonds is 8. The molecule has 0 aliphatic carbocycles. The molecular formula is C8H15BO3. The first kappa shape index (κ1) is 11.4. The predicted octanol–water partition coefficient (Wildman–Crippen LogP) is 1.41. The van der Waals surface area contributed by atoms with Gasteiger partial charge in [-0.15, -0.1) is 13.2 Å². The van der Waals surface area contributed by atoms with Crippen LogP contribution in [0.3, 0.4) is 0 Å². The molecule has 0 spiro atoms. The lowest BCUT2D eigenvalue weighted by atomic mass is 10.2. The molecule has 0 aromatic heterocycles. The first-order valence-electron chi connectivity index (χ1n) is 3.91. The highest BCUT2D eigenvalue weighted by Gasteiger charge is 2.18. The smallest absolute Gasteiger partial charge is 0.386 e. The van der Waals surface area contributed by atoms with Crippen LogP contribution in [0.25, 0.3) is 0 Å². The van der Waals surface area contributed by atoms with Crippen LogP contribution in [0.5, 0.6) is 0 Å². The van der Waals surface area contributed by atoms with Crippen LogP contribution >= 0.6 is 0 Å². The molecule has 3 nitrogen and oxygen atoms in total. The Bertz CT molecular complexity index is 115. The minimum atomic E-state index is -0.606. The monoisotopic (exact) mass is 170 g/mol. The summed E-state index contributed by atoms with van der Waals surface area (Å²) in [5.41, 5.74) is 0. The summed E-state index contributed by atoms with van der Waals surface area (Å²) in [4.78, 5) is 0. The van der Waals surface area contributed by atoms with E-state index in [1.807, 2.05) is 6.92 Å². The zero-order valence-electron chi connectivity index (χ0n) is 7.49. The van der Waals surface area contributed by atoms with Gasteiger partial charge in [0.05, 0.1) is 13.2 Å². The largest absolute Gasteiger partial charge is 0.639 e. The van der Waals surface area contributed by atoms with Crippen LogP contribution in [0.2, 0.25) is 0 Å². The van der Waals surface area contributed by atoms with Crippen molar-refractivity contribution in [2.75, 3.05) is 19.8 Å². The van der Waals surface area contributed by atoms with E-state index in [1.165, 1.54) is 0 Å². The third kappa shape index (κ3) is 6.16. The summed E-state index contributed by atoms with van der Waals surface area (Å²) in [6.07, 6.45) is 3.28. The van der Waals surface area contributed by atoms with E-state index in [4.69, 9.17) is 14.0 Å². The van der Waals surface area contributed by atoms with E-state index in [-0.39, 0.29) is 0 Å². The van der Waals surface area contributed by atoms with E-state index in [0.29, 0.717) is 19.8 Å². The fourth-order valence-corrected chi connectivity index (χ4v) is 0.574. The van der Waals surface area contributed by atoms with Gasteiger partial charge in [-0.1, -0.05) is 12.2 Å². The van der Waals surface area contributed by atoms with E-state index in [2.05, 4.69) is 13.2 Å². The topological polar surface area (TPSA) is 27.7 Å². The van der Waals surface area contributed by atoms with Gasteiger partial charge in [0.15, 0.2) is 0 Å². The average molecular weight is 170 g/mol. The minimum Gasteiger partial charge on any atom is -0.386 e. The summed E-state index contributed by atoms with van der Waals surface area (Å²) < 4.78 is 15.4. The molecule has 0 fully saturated rings. The second kappa shape index (κ2) is 8.52. The van der Waals surface area contributed by atoms with Gasteiger partial charge in [0.25, 0.3) is 0 Å². The Morgan fingerprint density at radius 3 is 1.92 bits per heavy atom. The minimum absolute atomic E-state index is 0.418. The molecule has 68 valence electrons. The predicted molar refractivity (Wildman–Crippen MR) is 49.7 cm³/mol. The summed E-state index contributed by atoms with van der Waals surface area (Å²) in [5.74, 6) is 0. The molecule has 0 atom stereocenters. The average Bonchev–Trinajstić information content (AvgIpc) is 2.10. The summed E-state index contributed by atoms with van der Waals surface area (Å²) in [6, 6.07) is 0. The summed E-state index contributed by atoms with van der Waals surface area (Å²) in [7, 11) is -0.606. The number of hydrogen-bond acceptors (Lipinski definition) is 3. The van der Waals surface area contributed by atoms with Crippen molar-refractivity contribution in [3.63, 3.8) is 0 Å². The highest BCUT2D eigenvalue weighted by molar-refractivity contribution is 6.36. The maximum atomic E-state index is 5.12. The van der Waals surface area contributed by atoms with Crippen LogP contribution in [0.15, 0.2) is 25.3 Å². The van der Waals surface area contributed by atoms with Crippen LogP contribution in [0.4, 0.5) is 0 Å². The molecule has 0 unspecified atom stereocenters. The fourth-order valence-electron chi connectivity index (χ4n) is 0.574. The summed E-state index contributed by atoms with van der Waals surface area (Å²) >= 11 is 0. The molecule has 12 heavy (non-hydrogen) atoms. The third-order valence-electron chi connectivity index (χ3n) is 1.00. The molecule has 0 saturated heterocycles. The van der Waals surface area contributed by atoms with Crippen molar-refractivity contribution >= 4 is 7.32 Å². The molecule has 0 radical (unpaired) electrons. The van der Waals surface area contributed by atoms with Crippen LogP contribution in [-0.2, 0) is 14.0 Å². The van der Waals surface area contributed by atoms with Gasteiger partial charge in [0, 0.05) is 6.61 Å². The molecule has 0 aliphatic heterocycles. The Hall–Kier alpha value is -0.575. The van der Waals surface area contributed by atoms with Gasteiger partial charge >= 0.3 is 7.32 Å². The molecule has 0 amide bonds. The summed E-state index contributed by atoms with van der Waals surface area (Å²) in [6.45, 7) is 10.3. The maximum Gasteiger partial charge on any atom is 0.639 e. The van der Waals surface area contributed by atoms with Crippen LogP contribution < -0.4 is 0 Å². The molecule has 0 N–H and O–H groups in total. The zero-order chi connectivity index (χ0) is 9.23. The van der Waals surface area contributed by atoms with Gasteiger partial charge in [-0.05, 0) is 6.92 Å². The lowest BCUT2D eigenvalue weighted by molar-refractivity contribution is 0.117. The Labute approximate surface area is 74.2 Å². The highest BCUT2D eigenvalue weighted by atomic mass is 16.7. The van der Waals surface area contributed by atoms with Crippen molar-refractivity contribution in [3.8, 4) is 0 Å². The van der Waals surface area contributed by atoms with Gasteiger partial charge in [-0.2, -0.15) is 0 Å². The Balaban J connectivity index is 3.52. The van der Waals surface area contributed by atoms with Crippen LogP contribution in [0, 0.1) is 0 Å².